The molecular formula is C12H17BrClNO2S. The van der Waals surface area contributed by atoms with Gasteiger partial charge >= 0.3 is 0 Å². The van der Waals surface area contributed by atoms with E-state index in [-0.39, 0.29) is 0 Å². The summed E-state index contributed by atoms with van der Waals surface area (Å²) in [5, 5.41) is 3.79. The van der Waals surface area contributed by atoms with Crippen LogP contribution in [0.15, 0.2) is 22.7 Å². The third kappa shape index (κ3) is 4.23. The van der Waals surface area contributed by atoms with Crippen molar-refractivity contribution >= 4 is 37.4 Å². The zero-order valence-electron chi connectivity index (χ0n) is 10.6. The molecule has 0 fully saturated rings. The van der Waals surface area contributed by atoms with Gasteiger partial charge in [-0.15, -0.1) is 0 Å². The molecule has 0 aliphatic carbocycles. The number of nitrogens with one attached hydrogen (secondary N) is 1. The lowest BCUT2D eigenvalue weighted by Gasteiger charge is -2.22. The highest BCUT2D eigenvalue weighted by atomic mass is 79.9. The Hall–Kier alpha value is -0.100. The van der Waals surface area contributed by atoms with E-state index >= 15 is 0 Å². The maximum atomic E-state index is 11.5. The molecule has 0 aliphatic rings. The molecular weight excluding hydrogens is 338 g/mol. The molecule has 0 heterocycles. The molecule has 0 aliphatic heterocycles. The summed E-state index contributed by atoms with van der Waals surface area (Å²) in [6.07, 6.45) is 1.26. The molecule has 0 radical (unpaired) electrons. The molecule has 1 aromatic carbocycles. The molecule has 1 rings (SSSR count). The minimum Gasteiger partial charge on any atom is -0.311 e. The standard InChI is InChI=1S/C12H17BrClNO2S/c1-12(2,18(3,16)17)8-15-7-9-4-5-10(13)11(14)6-9/h4-6,15H,7-8H2,1-3H3. The molecule has 3 nitrogen and oxygen atoms in total. The fourth-order valence-electron chi connectivity index (χ4n) is 1.29. The highest BCUT2D eigenvalue weighted by Gasteiger charge is 2.29. The van der Waals surface area contributed by atoms with E-state index in [1.807, 2.05) is 18.2 Å². The van der Waals surface area contributed by atoms with Crippen molar-refractivity contribution in [2.75, 3.05) is 12.8 Å². The Labute approximate surface area is 122 Å². The second-order valence-corrected chi connectivity index (χ2v) is 8.79. The number of hydrogen-bond donors (Lipinski definition) is 1. The van der Waals surface area contributed by atoms with Crippen LogP contribution in [0.3, 0.4) is 0 Å². The van der Waals surface area contributed by atoms with Gasteiger partial charge in [0.25, 0.3) is 0 Å². The van der Waals surface area contributed by atoms with Crippen molar-refractivity contribution in [3.05, 3.63) is 33.3 Å². The molecule has 6 heteroatoms. The van der Waals surface area contributed by atoms with E-state index in [0.717, 1.165) is 10.0 Å². The number of hydrogen-bond acceptors (Lipinski definition) is 3. The van der Waals surface area contributed by atoms with Gasteiger partial charge in [-0.3, -0.25) is 0 Å². The number of halogens is 2. The summed E-state index contributed by atoms with van der Waals surface area (Å²) >= 11 is 9.31. The minimum atomic E-state index is -3.07. The van der Waals surface area contributed by atoms with E-state index in [0.29, 0.717) is 18.1 Å². The topological polar surface area (TPSA) is 46.2 Å². The number of benzene rings is 1. The summed E-state index contributed by atoms with van der Waals surface area (Å²) in [5.74, 6) is 0. The zero-order chi connectivity index (χ0) is 14.0. The van der Waals surface area contributed by atoms with Crippen LogP contribution in [0.25, 0.3) is 0 Å². The molecule has 0 bridgehead atoms. The lowest BCUT2D eigenvalue weighted by atomic mass is 10.2. The van der Waals surface area contributed by atoms with Crippen LogP contribution >= 0.6 is 27.5 Å². The van der Waals surface area contributed by atoms with Crippen molar-refractivity contribution in [3.63, 3.8) is 0 Å². The van der Waals surface area contributed by atoms with Gasteiger partial charge in [-0.05, 0) is 47.5 Å². The fraction of sp³-hybridized carbons (Fsp3) is 0.500. The molecule has 0 spiro atoms. The van der Waals surface area contributed by atoms with Gasteiger partial charge in [0.15, 0.2) is 9.84 Å². The molecule has 0 aromatic heterocycles. The summed E-state index contributed by atoms with van der Waals surface area (Å²) in [6, 6.07) is 5.67. The number of sulfone groups is 1. The van der Waals surface area contributed by atoms with Crippen molar-refractivity contribution in [3.8, 4) is 0 Å². The second-order valence-electron chi connectivity index (χ2n) is 4.88. The maximum absolute atomic E-state index is 11.5. The van der Waals surface area contributed by atoms with E-state index < -0.39 is 14.6 Å². The molecule has 0 atom stereocenters. The van der Waals surface area contributed by atoms with E-state index in [2.05, 4.69) is 21.2 Å². The summed E-state index contributed by atoms with van der Waals surface area (Å²) < 4.78 is 23.1. The van der Waals surface area contributed by atoms with E-state index in [4.69, 9.17) is 11.6 Å². The van der Waals surface area contributed by atoms with Crippen LogP contribution < -0.4 is 5.32 Å². The maximum Gasteiger partial charge on any atom is 0.153 e. The Bertz CT molecular complexity index is 529. The lowest BCUT2D eigenvalue weighted by molar-refractivity contribution is 0.521. The highest BCUT2D eigenvalue weighted by Crippen LogP contribution is 2.23. The summed E-state index contributed by atoms with van der Waals surface area (Å²) in [7, 11) is -3.07. The van der Waals surface area contributed by atoms with Crippen LogP contribution in [0.5, 0.6) is 0 Å². The van der Waals surface area contributed by atoms with Gasteiger partial charge in [0.2, 0.25) is 0 Å². The third-order valence-electron chi connectivity index (χ3n) is 2.87. The van der Waals surface area contributed by atoms with Gasteiger partial charge in [0.1, 0.15) is 0 Å². The molecule has 0 saturated heterocycles. The smallest absolute Gasteiger partial charge is 0.153 e. The Morgan fingerprint density at radius 2 is 2.00 bits per heavy atom. The molecule has 1 N–H and O–H groups in total. The largest absolute Gasteiger partial charge is 0.311 e. The van der Waals surface area contributed by atoms with Crippen LogP contribution in [0, 0.1) is 0 Å². The average Bonchev–Trinajstić information content (AvgIpc) is 2.21. The molecule has 18 heavy (non-hydrogen) atoms. The molecule has 0 amide bonds. The Kier molecular flexibility index (Phi) is 5.23. The SMILES string of the molecule is CC(C)(CNCc1ccc(Br)c(Cl)c1)S(C)(=O)=O. The van der Waals surface area contributed by atoms with E-state index in [1.165, 1.54) is 6.26 Å². The Morgan fingerprint density at radius 3 is 2.50 bits per heavy atom. The number of rotatable bonds is 5. The van der Waals surface area contributed by atoms with Gasteiger partial charge in [-0.25, -0.2) is 8.42 Å². The summed E-state index contributed by atoms with van der Waals surface area (Å²) in [4.78, 5) is 0. The van der Waals surface area contributed by atoms with Crippen LogP contribution in [0.1, 0.15) is 19.4 Å². The monoisotopic (exact) mass is 353 g/mol. The second kappa shape index (κ2) is 5.90. The summed E-state index contributed by atoms with van der Waals surface area (Å²) in [5.41, 5.74) is 1.02. The predicted molar refractivity (Wildman–Crippen MR) is 79.8 cm³/mol. The van der Waals surface area contributed by atoms with Gasteiger partial charge in [0, 0.05) is 23.8 Å². The first-order valence-corrected chi connectivity index (χ1v) is 8.54. The van der Waals surface area contributed by atoms with Crippen molar-refractivity contribution in [2.45, 2.75) is 25.1 Å². The quantitative estimate of drug-likeness (QED) is 0.884. The fourth-order valence-corrected chi connectivity index (χ4v) is 2.10. The van der Waals surface area contributed by atoms with Crippen LogP contribution in [-0.2, 0) is 16.4 Å². The van der Waals surface area contributed by atoms with Gasteiger partial charge < -0.3 is 5.32 Å². The van der Waals surface area contributed by atoms with Crippen molar-refractivity contribution < 1.29 is 8.42 Å². The highest BCUT2D eigenvalue weighted by molar-refractivity contribution is 9.10. The third-order valence-corrected chi connectivity index (χ3v) is 6.25. The molecule has 0 unspecified atom stereocenters. The van der Waals surface area contributed by atoms with Gasteiger partial charge in [0.05, 0.1) is 9.77 Å². The first-order valence-electron chi connectivity index (χ1n) is 5.48. The van der Waals surface area contributed by atoms with E-state index in [9.17, 15) is 8.42 Å². The first kappa shape index (κ1) is 16.0. The van der Waals surface area contributed by atoms with Crippen molar-refractivity contribution in [2.24, 2.45) is 0 Å². The average molecular weight is 355 g/mol. The zero-order valence-corrected chi connectivity index (χ0v) is 13.8. The molecule has 102 valence electrons. The van der Waals surface area contributed by atoms with Crippen LogP contribution in [-0.4, -0.2) is 26.0 Å². The van der Waals surface area contributed by atoms with Gasteiger partial charge in [-0.1, -0.05) is 17.7 Å². The van der Waals surface area contributed by atoms with Crippen LogP contribution in [0.4, 0.5) is 0 Å². The normalized spacial score (nSPS) is 12.7. The van der Waals surface area contributed by atoms with Crippen molar-refractivity contribution in [1.82, 2.24) is 5.32 Å². The Morgan fingerprint density at radius 1 is 1.39 bits per heavy atom. The molecule has 1 aromatic rings. The minimum absolute atomic E-state index is 0.402. The van der Waals surface area contributed by atoms with E-state index in [1.54, 1.807) is 13.8 Å². The Balaban J connectivity index is 2.60. The van der Waals surface area contributed by atoms with Gasteiger partial charge in [-0.2, -0.15) is 0 Å². The van der Waals surface area contributed by atoms with Crippen LogP contribution in [0.2, 0.25) is 5.02 Å². The molecule has 0 saturated carbocycles. The predicted octanol–water partition coefficient (Wildman–Crippen LogP) is 3.02. The van der Waals surface area contributed by atoms with Crippen molar-refractivity contribution in [1.29, 1.82) is 0 Å². The lowest BCUT2D eigenvalue weighted by Crippen LogP contribution is -2.41. The summed E-state index contributed by atoms with van der Waals surface area (Å²) in [6.45, 7) is 4.42. The first-order chi connectivity index (χ1) is 8.13.